The lowest BCUT2D eigenvalue weighted by molar-refractivity contribution is 0.249. The average Bonchev–Trinajstić information content (AvgIpc) is 2.90. The predicted octanol–water partition coefficient (Wildman–Crippen LogP) is 5.31. The molecule has 1 aromatic carbocycles. The molecule has 0 atom stereocenters. The molecule has 0 amide bonds. The maximum absolute atomic E-state index is 6.32. The Morgan fingerprint density at radius 2 is 1.95 bits per heavy atom. The molecule has 4 heteroatoms. The molecule has 0 unspecified atom stereocenters. The maximum atomic E-state index is 6.32. The monoisotopic (exact) mass is 329 g/mol. The molecule has 1 aliphatic rings. The summed E-state index contributed by atoms with van der Waals surface area (Å²) >= 11 is 12.4. The highest BCUT2D eigenvalue weighted by Crippen LogP contribution is 2.34. The fraction of sp³-hybridized carbons (Fsp3) is 0.647. The first-order valence-corrected chi connectivity index (χ1v) is 8.63. The van der Waals surface area contributed by atoms with Crippen molar-refractivity contribution in [2.45, 2.75) is 46.1 Å². The number of benzene rings is 1. The van der Waals surface area contributed by atoms with Gasteiger partial charge in [0.2, 0.25) is 0 Å². The molecule has 1 N–H and O–H groups in total. The van der Waals surface area contributed by atoms with Crippen molar-refractivity contribution in [3.05, 3.63) is 27.7 Å². The summed E-state index contributed by atoms with van der Waals surface area (Å²) in [5.74, 6) is 2.08. The molecule has 21 heavy (non-hydrogen) atoms. The highest BCUT2D eigenvalue weighted by atomic mass is 35.5. The Balaban J connectivity index is 2.02. The molecule has 2 rings (SSSR count). The topological polar surface area (TPSA) is 21.3 Å². The minimum atomic E-state index is 0.613. The third kappa shape index (κ3) is 5.36. The van der Waals surface area contributed by atoms with Crippen molar-refractivity contribution in [1.29, 1.82) is 0 Å². The van der Waals surface area contributed by atoms with Crippen molar-refractivity contribution in [3.63, 3.8) is 0 Å². The normalized spacial score (nSPS) is 15.9. The Bertz CT molecular complexity index is 456. The summed E-state index contributed by atoms with van der Waals surface area (Å²) < 4.78 is 6.03. The summed E-state index contributed by atoms with van der Waals surface area (Å²) in [6.07, 6.45) is 5.19. The molecule has 1 fully saturated rings. The molecule has 0 aliphatic heterocycles. The lowest BCUT2D eigenvalue weighted by atomic mass is 10.1. The van der Waals surface area contributed by atoms with Crippen LogP contribution in [-0.2, 0) is 6.54 Å². The van der Waals surface area contributed by atoms with Crippen LogP contribution < -0.4 is 10.1 Å². The van der Waals surface area contributed by atoms with Gasteiger partial charge >= 0.3 is 0 Å². The molecule has 1 saturated carbocycles. The van der Waals surface area contributed by atoms with Gasteiger partial charge in [0.15, 0.2) is 0 Å². The van der Waals surface area contributed by atoms with E-state index in [9.17, 15) is 0 Å². The molecule has 0 heterocycles. The first-order valence-electron chi connectivity index (χ1n) is 7.87. The van der Waals surface area contributed by atoms with Gasteiger partial charge in [0.05, 0.1) is 11.6 Å². The van der Waals surface area contributed by atoms with Crippen molar-refractivity contribution < 1.29 is 4.74 Å². The van der Waals surface area contributed by atoms with Crippen molar-refractivity contribution in [2.24, 2.45) is 11.8 Å². The smallest absolute Gasteiger partial charge is 0.142 e. The molecular formula is C17H25Cl2NO. The molecule has 0 radical (unpaired) electrons. The number of halogens is 2. The molecule has 0 saturated heterocycles. The molecule has 1 aromatic rings. The predicted molar refractivity (Wildman–Crippen MR) is 90.5 cm³/mol. The van der Waals surface area contributed by atoms with Crippen LogP contribution in [0.2, 0.25) is 10.0 Å². The zero-order valence-electron chi connectivity index (χ0n) is 12.9. The SMILES string of the molecule is CC(C)CNCc1cc(Cl)cc(Cl)c1OCC1CCCC1. The van der Waals surface area contributed by atoms with E-state index in [0.29, 0.717) is 21.9 Å². The van der Waals surface area contributed by atoms with Gasteiger partial charge in [-0.3, -0.25) is 0 Å². The van der Waals surface area contributed by atoms with E-state index in [1.165, 1.54) is 25.7 Å². The van der Waals surface area contributed by atoms with E-state index in [1.807, 2.05) is 6.07 Å². The van der Waals surface area contributed by atoms with Crippen molar-refractivity contribution in [1.82, 2.24) is 5.32 Å². The van der Waals surface area contributed by atoms with Crippen molar-refractivity contribution >= 4 is 23.2 Å². The van der Waals surface area contributed by atoms with Crippen LogP contribution in [0.1, 0.15) is 45.1 Å². The van der Waals surface area contributed by atoms with Crippen LogP contribution in [0.3, 0.4) is 0 Å². The highest BCUT2D eigenvalue weighted by Gasteiger charge is 2.18. The van der Waals surface area contributed by atoms with Crippen LogP contribution in [0, 0.1) is 11.8 Å². The molecule has 0 spiro atoms. The third-order valence-electron chi connectivity index (χ3n) is 3.89. The summed E-state index contributed by atoms with van der Waals surface area (Å²) in [6.45, 7) is 6.84. The summed E-state index contributed by atoms with van der Waals surface area (Å²) in [7, 11) is 0. The quantitative estimate of drug-likeness (QED) is 0.732. The Morgan fingerprint density at radius 1 is 1.24 bits per heavy atom. The Morgan fingerprint density at radius 3 is 2.62 bits per heavy atom. The zero-order chi connectivity index (χ0) is 15.2. The fourth-order valence-corrected chi connectivity index (χ4v) is 3.37. The minimum Gasteiger partial charge on any atom is -0.491 e. The standard InChI is InChI=1S/C17H25Cl2NO/c1-12(2)9-20-10-14-7-15(18)8-16(19)17(14)21-11-13-5-3-4-6-13/h7-8,12-13,20H,3-6,9-11H2,1-2H3. The van der Waals surface area contributed by atoms with Gasteiger partial charge in [-0.05, 0) is 43.4 Å². The Kier molecular flexibility index (Phi) is 6.66. The molecule has 0 bridgehead atoms. The first kappa shape index (κ1) is 16.9. The van der Waals surface area contributed by atoms with Gasteiger partial charge in [-0.15, -0.1) is 0 Å². The van der Waals surface area contributed by atoms with Gasteiger partial charge in [-0.2, -0.15) is 0 Å². The average molecular weight is 330 g/mol. The van der Waals surface area contributed by atoms with E-state index in [2.05, 4.69) is 19.2 Å². The van der Waals surface area contributed by atoms with E-state index in [1.54, 1.807) is 6.07 Å². The Hall–Kier alpha value is -0.440. The van der Waals surface area contributed by atoms with E-state index in [4.69, 9.17) is 27.9 Å². The summed E-state index contributed by atoms with van der Waals surface area (Å²) in [5.41, 5.74) is 1.05. The van der Waals surface area contributed by atoms with Crippen LogP contribution in [0.15, 0.2) is 12.1 Å². The van der Waals surface area contributed by atoms with Crippen LogP contribution in [0.4, 0.5) is 0 Å². The third-order valence-corrected chi connectivity index (χ3v) is 4.39. The fourth-order valence-electron chi connectivity index (χ4n) is 2.78. The number of rotatable bonds is 7. The lowest BCUT2D eigenvalue weighted by Gasteiger charge is -2.17. The van der Waals surface area contributed by atoms with Crippen molar-refractivity contribution in [3.8, 4) is 5.75 Å². The second kappa shape index (κ2) is 8.26. The second-order valence-corrected chi connectivity index (χ2v) is 7.21. The minimum absolute atomic E-state index is 0.613. The van der Waals surface area contributed by atoms with Crippen LogP contribution >= 0.6 is 23.2 Å². The number of hydrogen-bond donors (Lipinski definition) is 1. The van der Waals surface area contributed by atoms with Crippen molar-refractivity contribution in [2.75, 3.05) is 13.2 Å². The highest BCUT2D eigenvalue weighted by molar-refractivity contribution is 6.35. The van der Waals surface area contributed by atoms with Crippen LogP contribution in [0.5, 0.6) is 5.75 Å². The van der Waals surface area contributed by atoms with E-state index in [-0.39, 0.29) is 0 Å². The first-order chi connectivity index (χ1) is 10.1. The maximum Gasteiger partial charge on any atom is 0.142 e. The van der Waals surface area contributed by atoms with Gasteiger partial charge in [0, 0.05) is 17.1 Å². The molecular weight excluding hydrogens is 305 g/mol. The number of ether oxygens (including phenoxy) is 1. The Labute approximate surface area is 138 Å². The van der Waals surface area contributed by atoms with Crippen LogP contribution in [-0.4, -0.2) is 13.2 Å². The summed E-state index contributed by atoms with van der Waals surface area (Å²) in [6, 6.07) is 3.71. The summed E-state index contributed by atoms with van der Waals surface area (Å²) in [5, 5.41) is 4.70. The second-order valence-electron chi connectivity index (χ2n) is 6.36. The van der Waals surface area contributed by atoms with Gasteiger partial charge < -0.3 is 10.1 Å². The lowest BCUT2D eigenvalue weighted by Crippen LogP contribution is -2.20. The number of hydrogen-bond acceptors (Lipinski definition) is 2. The van der Waals surface area contributed by atoms with Gasteiger partial charge in [0.1, 0.15) is 5.75 Å². The zero-order valence-corrected chi connectivity index (χ0v) is 14.4. The molecule has 1 aliphatic carbocycles. The molecule has 0 aromatic heterocycles. The van der Waals surface area contributed by atoms with E-state index < -0.39 is 0 Å². The van der Waals surface area contributed by atoms with Gasteiger partial charge in [0.25, 0.3) is 0 Å². The van der Waals surface area contributed by atoms with Crippen LogP contribution in [0.25, 0.3) is 0 Å². The molecule has 118 valence electrons. The van der Waals surface area contributed by atoms with E-state index >= 15 is 0 Å². The number of nitrogens with one attached hydrogen (secondary N) is 1. The summed E-state index contributed by atoms with van der Waals surface area (Å²) in [4.78, 5) is 0. The molecule has 2 nitrogen and oxygen atoms in total. The van der Waals surface area contributed by atoms with Gasteiger partial charge in [-0.1, -0.05) is 49.9 Å². The largest absolute Gasteiger partial charge is 0.491 e. The van der Waals surface area contributed by atoms with Gasteiger partial charge in [-0.25, -0.2) is 0 Å². The van der Waals surface area contributed by atoms with E-state index in [0.717, 1.165) is 31.0 Å².